The average Bonchev–Trinajstić information content (AvgIpc) is 2.30. The predicted molar refractivity (Wildman–Crippen MR) is 61.4 cm³/mol. The van der Waals surface area contributed by atoms with Crippen LogP contribution >= 0.6 is 0 Å². The fourth-order valence-electron chi connectivity index (χ4n) is 1.79. The highest BCUT2D eigenvalue weighted by molar-refractivity contribution is 5.88. The summed E-state index contributed by atoms with van der Waals surface area (Å²) in [7, 11) is 0. The van der Waals surface area contributed by atoms with Gasteiger partial charge in [-0.15, -0.1) is 0 Å². The van der Waals surface area contributed by atoms with Crippen LogP contribution in [0.3, 0.4) is 0 Å². The quantitative estimate of drug-likeness (QED) is 0.707. The van der Waals surface area contributed by atoms with Gasteiger partial charge in [0.05, 0.1) is 5.56 Å². The number of hydrazine groups is 1. The van der Waals surface area contributed by atoms with Gasteiger partial charge in [-0.2, -0.15) is 0 Å². The molecule has 0 amide bonds. The monoisotopic (exact) mass is 221 g/mol. The van der Waals surface area contributed by atoms with Crippen LogP contribution in [0.4, 0.5) is 5.69 Å². The van der Waals surface area contributed by atoms with Crippen molar-refractivity contribution in [2.24, 2.45) is 5.84 Å². The molecule has 16 heavy (non-hydrogen) atoms. The van der Waals surface area contributed by atoms with Crippen molar-refractivity contribution in [2.75, 3.05) is 31.1 Å². The fourth-order valence-corrected chi connectivity index (χ4v) is 1.79. The Morgan fingerprint density at radius 1 is 1.12 bits per heavy atom. The summed E-state index contributed by atoms with van der Waals surface area (Å²) in [5, 5.41) is 10.6. The first-order chi connectivity index (χ1) is 7.66. The van der Waals surface area contributed by atoms with Crippen LogP contribution in [0.25, 0.3) is 0 Å². The minimum Gasteiger partial charge on any atom is -0.478 e. The third kappa shape index (κ3) is 2.32. The fraction of sp³-hybridized carbons (Fsp3) is 0.364. The summed E-state index contributed by atoms with van der Waals surface area (Å²) < 4.78 is 0. The van der Waals surface area contributed by atoms with Gasteiger partial charge in [-0.25, -0.2) is 9.80 Å². The highest BCUT2D eigenvalue weighted by Crippen LogP contribution is 2.16. The molecule has 1 heterocycles. The second kappa shape index (κ2) is 4.51. The third-order valence-corrected chi connectivity index (χ3v) is 2.79. The molecule has 0 unspecified atom stereocenters. The van der Waals surface area contributed by atoms with E-state index >= 15 is 0 Å². The third-order valence-electron chi connectivity index (χ3n) is 2.79. The number of carbonyl (C=O) groups is 1. The van der Waals surface area contributed by atoms with Gasteiger partial charge in [0.1, 0.15) is 0 Å². The smallest absolute Gasteiger partial charge is 0.335 e. The second-order valence-corrected chi connectivity index (χ2v) is 3.88. The molecule has 1 aliphatic rings. The molecule has 0 aromatic heterocycles. The zero-order chi connectivity index (χ0) is 11.5. The molecule has 3 N–H and O–H groups in total. The Labute approximate surface area is 94.0 Å². The number of carboxylic acids is 1. The Bertz CT molecular complexity index is 369. The van der Waals surface area contributed by atoms with Gasteiger partial charge in [-0.1, -0.05) is 0 Å². The minimum absolute atomic E-state index is 0.321. The van der Waals surface area contributed by atoms with Crippen LogP contribution in [0.2, 0.25) is 0 Å². The van der Waals surface area contributed by atoms with E-state index in [4.69, 9.17) is 10.9 Å². The first-order valence-corrected chi connectivity index (χ1v) is 5.25. The number of nitrogens with zero attached hydrogens (tertiary/aromatic N) is 2. The highest BCUT2D eigenvalue weighted by atomic mass is 16.4. The number of piperazine rings is 1. The summed E-state index contributed by atoms with van der Waals surface area (Å²) in [6, 6.07) is 6.95. The maximum Gasteiger partial charge on any atom is 0.335 e. The van der Waals surface area contributed by atoms with Gasteiger partial charge in [0.15, 0.2) is 0 Å². The molecule has 1 fully saturated rings. The normalized spacial score (nSPS) is 17.4. The Balaban J connectivity index is 2.07. The summed E-state index contributed by atoms with van der Waals surface area (Å²) in [4.78, 5) is 12.9. The Morgan fingerprint density at radius 3 is 2.19 bits per heavy atom. The molecule has 5 nitrogen and oxygen atoms in total. The van der Waals surface area contributed by atoms with E-state index in [1.54, 1.807) is 17.1 Å². The lowest BCUT2D eigenvalue weighted by Gasteiger charge is -2.33. The van der Waals surface area contributed by atoms with E-state index in [9.17, 15) is 4.79 Å². The number of anilines is 1. The molecule has 86 valence electrons. The summed E-state index contributed by atoms with van der Waals surface area (Å²) in [6.07, 6.45) is 0. The van der Waals surface area contributed by atoms with Crippen molar-refractivity contribution in [2.45, 2.75) is 0 Å². The van der Waals surface area contributed by atoms with E-state index in [-0.39, 0.29) is 0 Å². The van der Waals surface area contributed by atoms with E-state index in [0.717, 1.165) is 31.9 Å². The highest BCUT2D eigenvalue weighted by Gasteiger charge is 2.14. The van der Waals surface area contributed by atoms with Gasteiger partial charge in [0.2, 0.25) is 0 Å². The van der Waals surface area contributed by atoms with Gasteiger partial charge in [-0.05, 0) is 24.3 Å². The van der Waals surface area contributed by atoms with Crippen LogP contribution in [0.5, 0.6) is 0 Å². The van der Waals surface area contributed by atoms with Crippen LogP contribution in [0.1, 0.15) is 10.4 Å². The van der Waals surface area contributed by atoms with E-state index in [1.165, 1.54) is 0 Å². The largest absolute Gasteiger partial charge is 0.478 e. The number of rotatable bonds is 2. The average molecular weight is 221 g/mol. The standard InChI is InChI=1S/C11H15N3O2/c12-14-7-5-13(6-8-14)10-3-1-9(2-4-10)11(15)16/h1-4H,5-8,12H2,(H,15,16). The van der Waals surface area contributed by atoms with E-state index in [2.05, 4.69) is 4.90 Å². The number of carboxylic acid groups (broad SMARTS) is 1. The second-order valence-electron chi connectivity index (χ2n) is 3.88. The van der Waals surface area contributed by atoms with Crippen molar-refractivity contribution in [3.05, 3.63) is 29.8 Å². The Kier molecular flexibility index (Phi) is 3.07. The predicted octanol–water partition coefficient (Wildman–Crippen LogP) is 0.380. The van der Waals surface area contributed by atoms with Crippen molar-refractivity contribution in [3.8, 4) is 0 Å². The molecule has 2 rings (SSSR count). The molecule has 0 atom stereocenters. The van der Waals surface area contributed by atoms with Crippen LogP contribution in [0, 0.1) is 0 Å². The van der Waals surface area contributed by atoms with Gasteiger partial charge >= 0.3 is 5.97 Å². The molecule has 1 saturated heterocycles. The van der Waals surface area contributed by atoms with Crippen molar-refractivity contribution >= 4 is 11.7 Å². The Morgan fingerprint density at radius 2 is 1.69 bits per heavy atom. The summed E-state index contributed by atoms with van der Waals surface area (Å²) in [6.45, 7) is 3.42. The van der Waals surface area contributed by atoms with Gasteiger partial charge in [0, 0.05) is 31.9 Å². The Hall–Kier alpha value is -1.59. The first-order valence-electron chi connectivity index (χ1n) is 5.25. The summed E-state index contributed by atoms with van der Waals surface area (Å²) >= 11 is 0. The molecular weight excluding hydrogens is 206 g/mol. The number of hydrogen-bond acceptors (Lipinski definition) is 4. The lowest BCUT2D eigenvalue weighted by atomic mass is 10.2. The van der Waals surface area contributed by atoms with Crippen molar-refractivity contribution in [1.29, 1.82) is 0 Å². The van der Waals surface area contributed by atoms with Crippen LogP contribution < -0.4 is 10.7 Å². The molecule has 1 aromatic carbocycles. The summed E-state index contributed by atoms with van der Waals surface area (Å²) in [5.74, 6) is 4.78. The van der Waals surface area contributed by atoms with Crippen LogP contribution in [-0.2, 0) is 0 Å². The van der Waals surface area contributed by atoms with Gasteiger partial charge < -0.3 is 10.0 Å². The van der Waals surface area contributed by atoms with Crippen LogP contribution in [0.15, 0.2) is 24.3 Å². The zero-order valence-electron chi connectivity index (χ0n) is 8.97. The SMILES string of the molecule is NN1CCN(c2ccc(C(=O)O)cc2)CC1. The number of nitrogens with two attached hydrogens (primary N) is 1. The van der Waals surface area contributed by atoms with E-state index < -0.39 is 5.97 Å². The van der Waals surface area contributed by atoms with Crippen molar-refractivity contribution < 1.29 is 9.90 Å². The molecule has 1 aliphatic heterocycles. The number of aromatic carboxylic acids is 1. The van der Waals surface area contributed by atoms with Gasteiger partial charge in [-0.3, -0.25) is 5.84 Å². The zero-order valence-corrected chi connectivity index (χ0v) is 8.97. The first kappa shape index (κ1) is 10.9. The number of benzene rings is 1. The van der Waals surface area contributed by atoms with Crippen LogP contribution in [-0.4, -0.2) is 42.3 Å². The van der Waals surface area contributed by atoms with E-state index in [1.807, 2.05) is 12.1 Å². The lowest BCUT2D eigenvalue weighted by Crippen LogP contribution is -2.49. The maximum atomic E-state index is 10.7. The molecule has 0 spiro atoms. The molecule has 0 saturated carbocycles. The topological polar surface area (TPSA) is 69.8 Å². The molecule has 0 aliphatic carbocycles. The molecule has 1 aromatic rings. The van der Waals surface area contributed by atoms with Gasteiger partial charge in [0.25, 0.3) is 0 Å². The molecule has 0 bridgehead atoms. The molecule has 0 radical (unpaired) electrons. The molecular formula is C11H15N3O2. The maximum absolute atomic E-state index is 10.7. The summed E-state index contributed by atoms with van der Waals surface area (Å²) in [5.41, 5.74) is 1.37. The molecule has 5 heteroatoms. The van der Waals surface area contributed by atoms with Crippen molar-refractivity contribution in [3.63, 3.8) is 0 Å². The lowest BCUT2D eigenvalue weighted by molar-refractivity contribution is 0.0697. The van der Waals surface area contributed by atoms with E-state index in [0.29, 0.717) is 5.56 Å². The van der Waals surface area contributed by atoms with Crippen molar-refractivity contribution in [1.82, 2.24) is 5.01 Å². The minimum atomic E-state index is -0.890. The number of hydrogen-bond donors (Lipinski definition) is 2.